The first-order valence-electron chi connectivity index (χ1n) is 6.27. The molecule has 0 aliphatic rings. The van der Waals surface area contributed by atoms with Gasteiger partial charge in [-0.1, -0.05) is 6.07 Å². The van der Waals surface area contributed by atoms with E-state index in [9.17, 15) is 14.7 Å². The lowest BCUT2D eigenvalue weighted by molar-refractivity contribution is -0.114. The fourth-order valence-corrected chi connectivity index (χ4v) is 1.72. The van der Waals surface area contributed by atoms with Crippen LogP contribution in [0.3, 0.4) is 0 Å². The SMILES string of the molecule is CC(=O)Nc1ccc(NC(=O)Nc2cccc(O)c2)cc1. The van der Waals surface area contributed by atoms with Gasteiger partial charge in [-0.25, -0.2) is 4.79 Å². The Bertz CT molecular complexity index is 653. The van der Waals surface area contributed by atoms with E-state index in [-0.39, 0.29) is 11.7 Å². The summed E-state index contributed by atoms with van der Waals surface area (Å²) in [7, 11) is 0. The van der Waals surface area contributed by atoms with E-state index >= 15 is 0 Å². The van der Waals surface area contributed by atoms with Gasteiger partial charge in [-0.2, -0.15) is 0 Å². The number of phenolic OH excluding ortho intramolecular Hbond substituents is 1. The summed E-state index contributed by atoms with van der Waals surface area (Å²) in [6, 6.07) is 12.6. The number of phenols is 1. The summed E-state index contributed by atoms with van der Waals surface area (Å²) in [5.41, 5.74) is 1.73. The second kappa shape index (κ2) is 6.42. The first-order valence-corrected chi connectivity index (χ1v) is 6.27. The minimum atomic E-state index is -0.423. The summed E-state index contributed by atoms with van der Waals surface area (Å²) in [5, 5.41) is 17.2. The van der Waals surface area contributed by atoms with Crippen molar-refractivity contribution in [3.63, 3.8) is 0 Å². The van der Waals surface area contributed by atoms with Gasteiger partial charge in [-0.15, -0.1) is 0 Å². The van der Waals surface area contributed by atoms with Crippen molar-refractivity contribution >= 4 is 29.0 Å². The molecule has 2 rings (SSSR count). The predicted molar refractivity (Wildman–Crippen MR) is 81.5 cm³/mol. The smallest absolute Gasteiger partial charge is 0.323 e. The predicted octanol–water partition coefficient (Wildman–Crippen LogP) is 2.99. The van der Waals surface area contributed by atoms with Crippen molar-refractivity contribution in [3.8, 4) is 5.75 Å². The van der Waals surface area contributed by atoms with E-state index in [1.54, 1.807) is 36.4 Å². The average Bonchev–Trinajstić information content (AvgIpc) is 2.40. The summed E-state index contributed by atoms with van der Waals surface area (Å²) in [5.74, 6) is -0.0789. The van der Waals surface area contributed by atoms with E-state index in [2.05, 4.69) is 16.0 Å². The Labute approximate surface area is 121 Å². The number of carbonyl (C=O) groups is 2. The maximum atomic E-state index is 11.8. The Morgan fingerprint density at radius 2 is 1.43 bits per heavy atom. The minimum absolute atomic E-state index is 0.0764. The highest BCUT2D eigenvalue weighted by Crippen LogP contribution is 2.17. The highest BCUT2D eigenvalue weighted by molar-refractivity contribution is 6.00. The highest BCUT2D eigenvalue weighted by atomic mass is 16.3. The van der Waals surface area contributed by atoms with Gasteiger partial charge in [0, 0.05) is 30.1 Å². The molecule has 0 spiro atoms. The first kappa shape index (κ1) is 14.4. The topological polar surface area (TPSA) is 90.5 Å². The molecule has 6 heteroatoms. The third-order valence-electron chi connectivity index (χ3n) is 2.57. The highest BCUT2D eigenvalue weighted by Gasteiger charge is 2.03. The number of amides is 3. The molecule has 0 aliphatic heterocycles. The van der Waals surface area contributed by atoms with E-state index < -0.39 is 6.03 Å². The number of nitrogens with one attached hydrogen (secondary N) is 3. The van der Waals surface area contributed by atoms with Crippen LogP contribution < -0.4 is 16.0 Å². The molecule has 0 aromatic heterocycles. The lowest BCUT2D eigenvalue weighted by Gasteiger charge is -2.09. The van der Waals surface area contributed by atoms with Crippen LogP contribution in [0.1, 0.15) is 6.92 Å². The summed E-state index contributed by atoms with van der Waals surface area (Å²) >= 11 is 0. The number of urea groups is 1. The molecule has 0 radical (unpaired) electrons. The zero-order valence-electron chi connectivity index (χ0n) is 11.4. The van der Waals surface area contributed by atoms with Crippen LogP contribution in [0.2, 0.25) is 0 Å². The largest absolute Gasteiger partial charge is 0.508 e. The molecule has 0 unspecified atom stereocenters. The summed E-state index contributed by atoms with van der Waals surface area (Å²) in [4.78, 5) is 22.7. The monoisotopic (exact) mass is 285 g/mol. The number of anilines is 3. The van der Waals surface area contributed by atoms with Crippen LogP contribution in [0.5, 0.6) is 5.75 Å². The maximum Gasteiger partial charge on any atom is 0.323 e. The molecule has 0 fully saturated rings. The minimum Gasteiger partial charge on any atom is -0.508 e. The average molecular weight is 285 g/mol. The van der Waals surface area contributed by atoms with Gasteiger partial charge in [0.1, 0.15) is 5.75 Å². The third-order valence-corrected chi connectivity index (χ3v) is 2.57. The number of carbonyl (C=O) groups excluding carboxylic acids is 2. The summed E-state index contributed by atoms with van der Waals surface area (Å²) in [6.45, 7) is 1.43. The van der Waals surface area contributed by atoms with Crippen molar-refractivity contribution in [3.05, 3.63) is 48.5 Å². The van der Waals surface area contributed by atoms with Gasteiger partial charge >= 0.3 is 6.03 Å². The van der Waals surface area contributed by atoms with Crippen molar-refractivity contribution in [1.82, 2.24) is 0 Å². The van der Waals surface area contributed by atoms with Gasteiger partial charge in [0.25, 0.3) is 0 Å². The fraction of sp³-hybridized carbons (Fsp3) is 0.0667. The van der Waals surface area contributed by atoms with Crippen LogP contribution in [-0.4, -0.2) is 17.0 Å². The van der Waals surface area contributed by atoms with Crippen molar-refractivity contribution in [2.75, 3.05) is 16.0 Å². The molecule has 0 atom stereocenters. The summed E-state index contributed by atoms with van der Waals surface area (Å²) < 4.78 is 0. The van der Waals surface area contributed by atoms with E-state index in [0.29, 0.717) is 17.1 Å². The molecular formula is C15H15N3O3. The fourth-order valence-electron chi connectivity index (χ4n) is 1.72. The Morgan fingerprint density at radius 3 is 2.00 bits per heavy atom. The normalized spacial score (nSPS) is 9.76. The molecule has 0 heterocycles. The lowest BCUT2D eigenvalue weighted by atomic mass is 10.2. The van der Waals surface area contributed by atoms with E-state index in [0.717, 1.165) is 0 Å². The van der Waals surface area contributed by atoms with Gasteiger partial charge in [-0.05, 0) is 36.4 Å². The standard InChI is InChI=1S/C15H15N3O3/c1-10(19)16-11-5-7-12(8-6-11)17-15(21)18-13-3-2-4-14(20)9-13/h2-9,20H,1H3,(H,16,19)(H2,17,18,21). The van der Waals surface area contributed by atoms with E-state index in [4.69, 9.17) is 0 Å². The van der Waals surface area contributed by atoms with Crippen LogP contribution in [0, 0.1) is 0 Å². The van der Waals surface area contributed by atoms with Crippen LogP contribution >= 0.6 is 0 Å². The molecule has 108 valence electrons. The van der Waals surface area contributed by atoms with Crippen LogP contribution in [-0.2, 0) is 4.79 Å². The molecule has 0 aliphatic carbocycles. The Kier molecular flexibility index (Phi) is 4.40. The second-order valence-electron chi connectivity index (χ2n) is 4.39. The van der Waals surface area contributed by atoms with Gasteiger partial charge in [0.2, 0.25) is 5.91 Å². The second-order valence-corrected chi connectivity index (χ2v) is 4.39. The van der Waals surface area contributed by atoms with Gasteiger partial charge in [-0.3, -0.25) is 4.79 Å². The molecule has 3 amide bonds. The van der Waals surface area contributed by atoms with Crippen molar-refractivity contribution in [2.45, 2.75) is 6.92 Å². The molecule has 21 heavy (non-hydrogen) atoms. The van der Waals surface area contributed by atoms with Gasteiger partial charge in [0.05, 0.1) is 0 Å². The van der Waals surface area contributed by atoms with E-state index in [1.807, 2.05) is 0 Å². The van der Waals surface area contributed by atoms with Gasteiger partial charge < -0.3 is 21.1 Å². The zero-order chi connectivity index (χ0) is 15.2. The molecule has 2 aromatic rings. The molecule has 0 bridgehead atoms. The molecule has 2 aromatic carbocycles. The number of benzene rings is 2. The van der Waals surface area contributed by atoms with Gasteiger partial charge in [0.15, 0.2) is 0 Å². The molecule has 0 saturated heterocycles. The Morgan fingerprint density at radius 1 is 0.857 bits per heavy atom. The van der Waals surface area contributed by atoms with Crippen LogP contribution in [0.4, 0.5) is 21.9 Å². The number of hydrogen-bond acceptors (Lipinski definition) is 3. The number of aromatic hydroxyl groups is 1. The van der Waals surface area contributed by atoms with Crippen LogP contribution in [0.15, 0.2) is 48.5 Å². The van der Waals surface area contributed by atoms with Crippen LogP contribution in [0.25, 0.3) is 0 Å². The number of hydrogen-bond donors (Lipinski definition) is 4. The Hall–Kier alpha value is -3.02. The van der Waals surface area contributed by atoms with Crippen molar-refractivity contribution < 1.29 is 14.7 Å². The zero-order valence-corrected chi connectivity index (χ0v) is 11.4. The molecule has 0 saturated carbocycles. The molecule has 4 N–H and O–H groups in total. The lowest BCUT2D eigenvalue weighted by Crippen LogP contribution is -2.19. The summed E-state index contributed by atoms with van der Waals surface area (Å²) in [6.07, 6.45) is 0. The Balaban J connectivity index is 1.95. The first-order chi connectivity index (χ1) is 10.0. The van der Waals surface area contributed by atoms with E-state index in [1.165, 1.54) is 19.1 Å². The quantitative estimate of drug-likeness (QED) is 0.698. The third kappa shape index (κ3) is 4.54. The maximum absolute atomic E-state index is 11.8. The van der Waals surface area contributed by atoms with Crippen molar-refractivity contribution in [2.24, 2.45) is 0 Å². The molecular weight excluding hydrogens is 270 g/mol. The van der Waals surface area contributed by atoms with Crippen molar-refractivity contribution in [1.29, 1.82) is 0 Å². The number of rotatable bonds is 3. The molecule has 6 nitrogen and oxygen atoms in total.